The van der Waals surface area contributed by atoms with Gasteiger partial charge in [0.1, 0.15) is 0 Å². The molecule has 3 fully saturated rings. The van der Waals surface area contributed by atoms with Crippen LogP contribution in [0.25, 0.3) is 0 Å². The van der Waals surface area contributed by atoms with Crippen LogP contribution < -0.4 is 0 Å². The van der Waals surface area contributed by atoms with Gasteiger partial charge in [0, 0.05) is 50.9 Å². The number of amides is 2. The van der Waals surface area contributed by atoms with Crippen molar-refractivity contribution in [3.63, 3.8) is 0 Å². The Morgan fingerprint density at radius 2 is 1.26 bits per heavy atom. The van der Waals surface area contributed by atoms with E-state index in [9.17, 15) is 18.4 Å². The fraction of sp³-hybridized carbons (Fsp3) is 0.846. The van der Waals surface area contributed by atoms with Crippen LogP contribution in [0.1, 0.15) is 25.7 Å². The van der Waals surface area contributed by atoms with E-state index in [1.807, 2.05) is 0 Å². The summed E-state index contributed by atoms with van der Waals surface area (Å²) in [6.45, 7) is 2.06. The number of carbonyl (C=O) groups is 2. The molecule has 0 aromatic rings. The molecule has 2 amide bonds. The Morgan fingerprint density at radius 1 is 0.842 bits per heavy atom. The molecule has 1 saturated heterocycles. The Balaban J connectivity index is 1.47. The number of hydrogen-bond acceptors (Lipinski definition) is 2. The van der Waals surface area contributed by atoms with E-state index in [0.29, 0.717) is 26.2 Å². The van der Waals surface area contributed by atoms with E-state index in [2.05, 4.69) is 0 Å². The predicted octanol–water partition coefficient (Wildman–Crippen LogP) is 1.11. The van der Waals surface area contributed by atoms with E-state index in [1.54, 1.807) is 9.80 Å². The third kappa shape index (κ3) is 2.58. The lowest BCUT2D eigenvalue weighted by molar-refractivity contribution is -0.162. The van der Waals surface area contributed by atoms with Gasteiger partial charge in [-0.25, -0.2) is 8.78 Å². The van der Waals surface area contributed by atoms with Crippen molar-refractivity contribution in [1.29, 1.82) is 0 Å². The molecule has 19 heavy (non-hydrogen) atoms. The summed E-state index contributed by atoms with van der Waals surface area (Å²) in [5.74, 6) is -2.93. The second-order valence-electron chi connectivity index (χ2n) is 5.89. The lowest BCUT2D eigenvalue weighted by Gasteiger charge is -2.40. The number of halogens is 2. The number of hydrogen-bond donors (Lipinski definition) is 0. The van der Waals surface area contributed by atoms with Crippen LogP contribution in [-0.4, -0.2) is 53.7 Å². The molecule has 3 rings (SSSR count). The fourth-order valence-corrected chi connectivity index (χ4v) is 2.83. The molecule has 0 radical (unpaired) electrons. The molecule has 0 N–H and O–H groups in total. The fourth-order valence-electron chi connectivity index (χ4n) is 2.83. The number of nitrogens with zero attached hydrogens (tertiary/aromatic N) is 2. The molecule has 0 bridgehead atoms. The highest BCUT2D eigenvalue weighted by Gasteiger charge is 2.50. The van der Waals surface area contributed by atoms with Gasteiger partial charge in [0.2, 0.25) is 17.7 Å². The van der Waals surface area contributed by atoms with Crippen LogP contribution in [0.15, 0.2) is 0 Å². The zero-order valence-corrected chi connectivity index (χ0v) is 10.8. The summed E-state index contributed by atoms with van der Waals surface area (Å²) in [7, 11) is 0. The Bertz CT molecular complexity index is 393. The monoisotopic (exact) mass is 272 g/mol. The second kappa shape index (κ2) is 4.42. The summed E-state index contributed by atoms with van der Waals surface area (Å²) in [5.41, 5.74) is 0. The van der Waals surface area contributed by atoms with Crippen molar-refractivity contribution in [2.24, 2.45) is 11.8 Å². The first kappa shape index (κ1) is 12.8. The van der Waals surface area contributed by atoms with E-state index in [0.717, 1.165) is 12.8 Å². The van der Waals surface area contributed by atoms with Gasteiger partial charge in [-0.1, -0.05) is 0 Å². The van der Waals surface area contributed by atoms with Gasteiger partial charge in [0.25, 0.3) is 0 Å². The highest BCUT2D eigenvalue weighted by atomic mass is 19.3. The van der Waals surface area contributed by atoms with Gasteiger partial charge in [-0.2, -0.15) is 0 Å². The third-order valence-corrected chi connectivity index (χ3v) is 4.27. The first-order valence-electron chi connectivity index (χ1n) is 6.92. The average molecular weight is 272 g/mol. The summed E-state index contributed by atoms with van der Waals surface area (Å²) < 4.78 is 25.5. The zero-order chi connectivity index (χ0) is 13.6. The molecule has 1 aliphatic heterocycles. The maximum Gasteiger partial charge on any atom is 0.249 e. The van der Waals surface area contributed by atoms with Crippen LogP contribution in [0.3, 0.4) is 0 Å². The third-order valence-electron chi connectivity index (χ3n) is 4.27. The highest BCUT2D eigenvalue weighted by Crippen LogP contribution is 2.43. The molecule has 2 saturated carbocycles. The van der Waals surface area contributed by atoms with Crippen LogP contribution in [0.4, 0.5) is 8.78 Å². The number of rotatable bonds is 2. The molecule has 3 aliphatic rings. The molecular formula is C13H18F2N2O2. The molecule has 106 valence electrons. The average Bonchev–Trinajstić information content (AvgIpc) is 3.18. The van der Waals surface area contributed by atoms with Crippen molar-refractivity contribution in [3.8, 4) is 0 Å². The van der Waals surface area contributed by atoms with Gasteiger partial charge < -0.3 is 9.80 Å². The van der Waals surface area contributed by atoms with Gasteiger partial charge in [-0.05, 0) is 12.8 Å². The Hall–Kier alpha value is -1.20. The standard InChI is InChI=1S/C13H18F2N2O2/c14-13(15)7-10(8-13)12(19)17-5-3-16(4-6-17)11(18)9-1-2-9/h9-10H,1-8H2. The topological polar surface area (TPSA) is 40.6 Å². The lowest BCUT2D eigenvalue weighted by Crippen LogP contribution is -2.54. The molecule has 0 aromatic heterocycles. The van der Waals surface area contributed by atoms with Crippen LogP contribution >= 0.6 is 0 Å². The van der Waals surface area contributed by atoms with Crippen molar-refractivity contribution in [2.45, 2.75) is 31.6 Å². The molecule has 2 aliphatic carbocycles. The minimum atomic E-state index is -2.65. The molecule has 4 nitrogen and oxygen atoms in total. The number of carbonyl (C=O) groups excluding carboxylic acids is 2. The second-order valence-corrected chi connectivity index (χ2v) is 5.89. The summed E-state index contributed by atoms with van der Waals surface area (Å²) in [6, 6.07) is 0. The van der Waals surface area contributed by atoms with Crippen molar-refractivity contribution < 1.29 is 18.4 Å². The smallest absolute Gasteiger partial charge is 0.249 e. The van der Waals surface area contributed by atoms with Gasteiger partial charge in [0.15, 0.2) is 0 Å². The summed E-state index contributed by atoms with van der Waals surface area (Å²) in [5, 5.41) is 0. The maximum absolute atomic E-state index is 12.8. The van der Waals surface area contributed by atoms with Crippen LogP contribution in [0, 0.1) is 11.8 Å². The number of alkyl halides is 2. The molecule has 0 spiro atoms. The molecule has 1 heterocycles. The van der Waals surface area contributed by atoms with Gasteiger partial charge >= 0.3 is 0 Å². The van der Waals surface area contributed by atoms with Crippen molar-refractivity contribution in [2.75, 3.05) is 26.2 Å². The molecule has 0 unspecified atom stereocenters. The zero-order valence-electron chi connectivity index (χ0n) is 10.8. The minimum absolute atomic E-state index is 0.163. The van der Waals surface area contributed by atoms with Gasteiger partial charge in [-0.15, -0.1) is 0 Å². The first-order valence-corrected chi connectivity index (χ1v) is 6.92. The molecule has 0 aromatic carbocycles. The summed E-state index contributed by atoms with van der Waals surface area (Å²) in [6.07, 6.45) is 1.34. The molecule has 0 atom stereocenters. The van der Waals surface area contributed by atoms with E-state index in [-0.39, 0.29) is 30.6 Å². The maximum atomic E-state index is 12.8. The normalized spacial score (nSPS) is 27.1. The van der Waals surface area contributed by atoms with Crippen molar-refractivity contribution in [3.05, 3.63) is 0 Å². The Morgan fingerprint density at radius 3 is 1.63 bits per heavy atom. The SMILES string of the molecule is O=C(C1CC1)N1CCN(C(=O)C2CC(F)(F)C2)CC1. The van der Waals surface area contributed by atoms with Gasteiger partial charge in [-0.3, -0.25) is 9.59 Å². The van der Waals surface area contributed by atoms with E-state index < -0.39 is 11.8 Å². The predicted molar refractivity (Wildman–Crippen MR) is 63.6 cm³/mol. The highest BCUT2D eigenvalue weighted by molar-refractivity contribution is 5.82. The summed E-state index contributed by atoms with van der Waals surface area (Å²) in [4.78, 5) is 27.3. The largest absolute Gasteiger partial charge is 0.339 e. The Kier molecular flexibility index (Phi) is 2.98. The van der Waals surface area contributed by atoms with Crippen LogP contribution in [-0.2, 0) is 9.59 Å². The van der Waals surface area contributed by atoms with E-state index >= 15 is 0 Å². The van der Waals surface area contributed by atoms with Crippen LogP contribution in [0.5, 0.6) is 0 Å². The van der Waals surface area contributed by atoms with Crippen molar-refractivity contribution in [1.82, 2.24) is 9.80 Å². The van der Waals surface area contributed by atoms with E-state index in [1.165, 1.54) is 0 Å². The van der Waals surface area contributed by atoms with Crippen molar-refractivity contribution >= 4 is 11.8 Å². The Labute approximate surface area is 110 Å². The molecular weight excluding hydrogens is 254 g/mol. The quantitative estimate of drug-likeness (QED) is 0.755. The number of piperazine rings is 1. The van der Waals surface area contributed by atoms with Crippen LogP contribution in [0.2, 0.25) is 0 Å². The summed E-state index contributed by atoms with van der Waals surface area (Å²) >= 11 is 0. The van der Waals surface area contributed by atoms with Gasteiger partial charge in [0.05, 0.1) is 0 Å². The minimum Gasteiger partial charge on any atom is -0.339 e. The first-order chi connectivity index (χ1) is 8.96. The van der Waals surface area contributed by atoms with E-state index in [4.69, 9.17) is 0 Å². The molecule has 6 heteroatoms. The lowest BCUT2D eigenvalue weighted by atomic mass is 9.80.